The zero-order chi connectivity index (χ0) is 17.1. The summed E-state index contributed by atoms with van der Waals surface area (Å²) in [6.07, 6.45) is 7.11. The van der Waals surface area contributed by atoms with E-state index in [1.54, 1.807) is 17.7 Å². The molecule has 0 saturated carbocycles. The molecule has 1 fully saturated rings. The van der Waals surface area contributed by atoms with Crippen molar-refractivity contribution < 1.29 is 4.79 Å². The van der Waals surface area contributed by atoms with Gasteiger partial charge in [-0.15, -0.1) is 0 Å². The van der Waals surface area contributed by atoms with E-state index in [1.807, 2.05) is 30.1 Å². The highest BCUT2D eigenvalue weighted by Gasteiger charge is 2.21. The van der Waals surface area contributed by atoms with Crippen LogP contribution < -0.4 is 16.2 Å². The number of aryl methyl sites for hydroxylation is 2. The van der Waals surface area contributed by atoms with E-state index in [1.165, 1.54) is 0 Å². The summed E-state index contributed by atoms with van der Waals surface area (Å²) in [4.78, 5) is 29.5. The second kappa shape index (κ2) is 7.00. The van der Waals surface area contributed by atoms with E-state index in [4.69, 9.17) is 0 Å². The van der Waals surface area contributed by atoms with E-state index in [2.05, 4.69) is 15.6 Å². The van der Waals surface area contributed by atoms with Gasteiger partial charge >= 0.3 is 0 Å². The molecule has 3 rings (SSSR count). The van der Waals surface area contributed by atoms with E-state index in [0.717, 1.165) is 31.8 Å². The number of imidazole rings is 1. The number of hydrogen-bond acceptors (Lipinski definition) is 4. The van der Waals surface area contributed by atoms with Crippen LogP contribution in [0.5, 0.6) is 0 Å². The standard InChI is InChI=1S/C17H23N5O2/c1-12-5-9-22(13-3-6-18-7-4-13)17(24)15(12)16(23)20-11-14-19-8-10-21(14)2/h5,8-10,13,18H,3-4,6-7,11H2,1-2H3,(H,20,23). The first-order chi connectivity index (χ1) is 11.6. The third kappa shape index (κ3) is 3.26. The van der Waals surface area contributed by atoms with E-state index < -0.39 is 0 Å². The lowest BCUT2D eigenvalue weighted by atomic mass is 10.0. The van der Waals surface area contributed by atoms with Crippen LogP contribution in [0.4, 0.5) is 0 Å². The van der Waals surface area contributed by atoms with Crippen LogP contribution in [0.15, 0.2) is 29.5 Å². The summed E-state index contributed by atoms with van der Waals surface area (Å²) in [7, 11) is 1.87. The average Bonchev–Trinajstić information content (AvgIpc) is 2.99. The molecule has 0 aromatic carbocycles. The summed E-state index contributed by atoms with van der Waals surface area (Å²) in [6, 6.07) is 2.00. The van der Waals surface area contributed by atoms with E-state index in [9.17, 15) is 9.59 Å². The van der Waals surface area contributed by atoms with Crippen molar-refractivity contribution in [3.63, 3.8) is 0 Å². The number of rotatable bonds is 4. The summed E-state index contributed by atoms with van der Waals surface area (Å²) in [6.45, 7) is 3.88. The highest BCUT2D eigenvalue weighted by atomic mass is 16.2. The lowest BCUT2D eigenvalue weighted by Gasteiger charge is -2.25. The highest BCUT2D eigenvalue weighted by molar-refractivity contribution is 5.95. The number of carbonyl (C=O) groups excluding carboxylic acids is 1. The Kier molecular flexibility index (Phi) is 4.80. The van der Waals surface area contributed by atoms with Crippen molar-refractivity contribution in [1.29, 1.82) is 0 Å². The number of amides is 1. The monoisotopic (exact) mass is 329 g/mol. The number of nitrogens with zero attached hydrogens (tertiary/aromatic N) is 3. The summed E-state index contributed by atoms with van der Waals surface area (Å²) < 4.78 is 3.55. The lowest BCUT2D eigenvalue weighted by molar-refractivity contribution is 0.0946. The maximum absolute atomic E-state index is 12.8. The lowest BCUT2D eigenvalue weighted by Crippen LogP contribution is -2.38. The van der Waals surface area contributed by atoms with Crippen LogP contribution in [-0.4, -0.2) is 33.1 Å². The molecule has 128 valence electrons. The fourth-order valence-corrected chi connectivity index (χ4v) is 3.10. The van der Waals surface area contributed by atoms with Crippen LogP contribution in [0.2, 0.25) is 0 Å². The largest absolute Gasteiger partial charge is 0.345 e. The smallest absolute Gasteiger partial charge is 0.263 e. The third-order valence-electron chi connectivity index (χ3n) is 4.59. The van der Waals surface area contributed by atoms with Gasteiger partial charge in [-0.05, 0) is 44.5 Å². The van der Waals surface area contributed by atoms with Gasteiger partial charge < -0.3 is 19.8 Å². The first kappa shape index (κ1) is 16.4. The molecule has 0 atom stereocenters. The molecule has 0 spiro atoms. The predicted molar refractivity (Wildman–Crippen MR) is 91.0 cm³/mol. The molecule has 0 bridgehead atoms. The van der Waals surface area contributed by atoms with Crippen molar-refractivity contribution in [2.45, 2.75) is 32.4 Å². The predicted octanol–water partition coefficient (Wildman–Crippen LogP) is 0.745. The van der Waals surface area contributed by atoms with Crippen LogP contribution in [-0.2, 0) is 13.6 Å². The number of nitrogens with one attached hydrogen (secondary N) is 2. The minimum absolute atomic E-state index is 0.153. The second-order valence-electron chi connectivity index (χ2n) is 6.20. The molecule has 1 aliphatic rings. The topological polar surface area (TPSA) is 81.0 Å². The molecular weight excluding hydrogens is 306 g/mol. The van der Waals surface area contributed by atoms with Crippen molar-refractivity contribution in [1.82, 2.24) is 24.8 Å². The molecule has 2 aromatic rings. The second-order valence-corrected chi connectivity index (χ2v) is 6.20. The van der Waals surface area contributed by atoms with Gasteiger partial charge in [0.1, 0.15) is 11.4 Å². The van der Waals surface area contributed by atoms with Gasteiger partial charge in [0.2, 0.25) is 0 Å². The Balaban J connectivity index is 1.82. The number of aromatic nitrogens is 3. The molecule has 1 amide bonds. The van der Waals surface area contributed by atoms with E-state index in [-0.39, 0.29) is 23.1 Å². The molecule has 2 N–H and O–H groups in total. The van der Waals surface area contributed by atoms with Crippen LogP contribution in [0.25, 0.3) is 0 Å². The molecule has 0 unspecified atom stereocenters. The SMILES string of the molecule is Cc1ccn(C2CCNCC2)c(=O)c1C(=O)NCc1nccn1C. The van der Waals surface area contributed by atoms with Gasteiger partial charge in [-0.3, -0.25) is 9.59 Å². The Hall–Kier alpha value is -2.41. The Morgan fingerprint density at radius 2 is 2.12 bits per heavy atom. The van der Waals surface area contributed by atoms with E-state index >= 15 is 0 Å². The highest BCUT2D eigenvalue weighted by Crippen LogP contribution is 2.17. The molecule has 7 heteroatoms. The quantitative estimate of drug-likeness (QED) is 0.867. The van der Waals surface area contributed by atoms with Crippen LogP contribution in [0.3, 0.4) is 0 Å². The fourth-order valence-electron chi connectivity index (χ4n) is 3.10. The van der Waals surface area contributed by atoms with Gasteiger partial charge in [0.25, 0.3) is 11.5 Å². The van der Waals surface area contributed by atoms with Gasteiger partial charge in [-0.2, -0.15) is 0 Å². The first-order valence-electron chi connectivity index (χ1n) is 8.25. The maximum Gasteiger partial charge on any atom is 0.263 e. The van der Waals surface area contributed by atoms with Gasteiger partial charge in [0.15, 0.2) is 0 Å². The molecule has 0 aliphatic carbocycles. The van der Waals surface area contributed by atoms with Crippen LogP contribution >= 0.6 is 0 Å². The molecule has 7 nitrogen and oxygen atoms in total. The Morgan fingerprint density at radius 3 is 2.79 bits per heavy atom. The maximum atomic E-state index is 12.8. The van der Waals surface area contributed by atoms with Gasteiger partial charge in [-0.1, -0.05) is 0 Å². The summed E-state index contributed by atoms with van der Waals surface area (Å²) in [5.74, 6) is 0.402. The van der Waals surface area contributed by atoms with Crippen LogP contribution in [0, 0.1) is 6.92 Å². The van der Waals surface area contributed by atoms with E-state index in [0.29, 0.717) is 12.1 Å². The molecule has 24 heavy (non-hydrogen) atoms. The molecular formula is C17H23N5O2. The third-order valence-corrected chi connectivity index (χ3v) is 4.59. The molecule has 3 heterocycles. The Labute approximate surface area is 140 Å². The molecule has 1 saturated heterocycles. The zero-order valence-electron chi connectivity index (χ0n) is 14.1. The minimum atomic E-state index is -0.344. The Bertz CT molecular complexity index is 787. The summed E-state index contributed by atoms with van der Waals surface area (Å²) in [5.41, 5.74) is 0.715. The van der Waals surface area contributed by atoms with Crippen molar-refractivity contribution in [3.05, 3.63) is 52.0 Å². The first-order valence-corrected chi connectivity index (χ1v) is 8.25. The molecule has 0 radical (unpaired) electrons. The van der Waals surface area contributed by atoms with Crippen molar-refractivity contribution >= 4 is 5.91 Å². The number of carbonyl (C=O) groups is 1. The number of piperidine rings is 1. The van der Waals surface area contributed by atoms with Crippen molar-refractivity contribution in [2.75, 3.05) is 13.1 Å². The number of pyridine rings is 1. The molecule has 1 aliphatic heterocycles. The van der Waals surface area contributed by atoms with Gasteiger partial charge in [-0.25, -0.2) is 4.98 Å². The summed E-state index contributed by atoms with van der Waals surface area (Å²) in [5, 5.41) is 6.10. The normalized spacial score (nSPS) is 15.4. The average molecular weight is 329 g/mol. The number of hydrogen-bond donors (Lipinski definition) is 2. The summed E-state index contributed by atoms with van der Waals surface area (Å²) >= 11 is 0. The zero-order valence-corrected chi connectivity index (χ0v) is 14.1. The fraction of sp³-hybridized carbons (Fsp3) is 0.471. The van der Waals surface area contributed by atoms with Gasteiger partial charge in [0.05, 0.1) is 6.54 Å². The van der Waals surface area contributed by atoms with Crippen molar-refractivity contribution in [3.8, 4) is 0 Å². The Morgan fingerprint density at radius 1 is 1.38 bits per heavy atom. The van der Waals surface area contributed by atoms with Crippen molar-refractivity contribution in [2.24, 2.45) is 7.05 Å². The van der Waals surface area contributed by atoms with Gasteiger partial charge in [0, 0.05) is 31.7 Å². The minimum Gasteiger partial charge on any atom is -0.345 e. The molecule has 2 aromatic heterocycles. The van der Waals surface area contributed by atoms with Crippen LogP contribution in [0.1, 0.15) is 40.6 Å².